The highest BCUT2D eigenvalue weighted by atomic mass is 79.9. The van der Waals surface area contributed by atoms with E-state index < -0.39 is 0 Å². The highest BCUT2D eigenvalue weighted by Gasteiger charge is 2.07. The fourth-order valence-corrected chi connectivity index (χ4v) is 4.26. The van der Waals surface area contributed by atoms with E-state index in [2.05, 4.69) is 78.2 Å². The number of halogens is 3. The van der Waals surface area contributed by atoms with Gasteiger partial charge in [0.2, 0.25) is 0 Å². The van der Waals surface area contributed by atoms with Crippen LogP contribution in [0.3, 0.4) is 0 Å². The first-order valence-electron chi connectivity index (χ1n) is 6.14. The van der Waals surface area contributed by atoms with Crippen LogP contribution in [0.25, 0.3) is 0 Å². The Morgan fingerprint density at radius 2 is 1.75 bits per heavy atom. The van der Waals surface area contributed by atoms with Gasteiger partial charge in [0.15, 0.2) is 0 Å². The molecule has 0 aliphatic carbocycles. The molecule has 0 aliphatic heterocycles. The summed E-state index contributed by atoms with van der Waals surface area (Å²) in [6.45, 7) is 3.42. The van der Waals surface area contributed by atoms with Gasteiger partial charge in [0.05, 0.1) is 8.95 Å². The van der Waals surface area contributed by atoms with Gasteiger partial charge in [0.25, 0.3) is 0 Å². The summed E-state index contributed by atoms with van der Waals surface area (Å²) >= 11 is 10.4. The van der Waals surface area contributed by atoms with Crippen molar-refractivity contribution >= 4 is 53.5 Å². The van der Waals surface area contributed by atoms with Crippen molar-refractivity contribution in [1.82, 2.24) is 0 Å². The summed E-state index contributed by atoms with van der Waals surface area (Å²) in [5.41, 5.74) is 2.36. The predicted octanol–water partition coefficient (Wildman–Crippen LogP) is 5.77. The van der Waals surface area contributed by atoms with Gasteiger partial charge in [0.1, 0.15) is 12.4 Å². The Labute approximate surface area is 144 Å². The van der Waals surface area contributed by atoms with Crippen molar-refractivity contribution in [2.45, 2.75) is 6.92 Å². The van der Waals surface area contributed by atoms with E-state index in [1.807, 2.05) is 18.2 Å². The van der Waals surface area contributed by atoms with Gasteiger partial charge < -0.3 is 10.1 Å². The zero-order valence-corrected chi connectivity index (χ0v) is 15.7. The van der Waals surface area contributed by atoms with Gasteiger partial charge >= 0.3 is 0 Å². The van der Waals surface area contributed by atoms with Crippen LogP contribution < -0.4 is 10.1 Å². The molecule has 0 saturated carbocycles. The molecule has 0 radical (unpaired) electrons. The molecule has 0 heterocycles. The summed E-state index contributed by atoms with van der Waals surface area (Å²) in [7, 11) is 0. The minimum atomic E-state index is 0.590. The smallest absolute Gasteiger partial charge is 0.147 e. The van der Waals surface area contributed by atoms with Crippen molar-refractivity contribution in [3.8, 4) is 5.75 Å². The second kappa shape index (κ2) is 7.48. The van der Waals surface area contributed by atoms with E-state index in [-0.39, 0.29) is 0 Å². The Morgan fingerprint density at radius 1 is 1.05 bits per heavy atom. The van der Waals surface area contributed by atoms with Gasteiger partial charge in [-0.05, 0) is 68.6 Å². The molecular formula is C15H14Br3NO. The quantitative estimate of drug-likeness (QED) is 0.568. The largest absolute Gasteiger partial charge is 0.489 e. The monoisotopic (exact) mass is 461 g/mol. The molecule has 2 nitrogen and oxygen atoms in total. The molecular weight excluding hydrogens is 450 g/mol. The van der Waals surface area contributed by atoms with E-state index >= 15 is 0 Å². The normalized spacial score (nSPS) is 10.4. The van der Waals surface area contributed by atoms with Gasteiger partial charge in [-0.1, -0.05) is 28.1 Å². The van der Waals surface area contributed by atoms with E-state index in [0.29, 0.717) is 6.61 Å². The maximum absolute atomic E-state index is 5.80. The number of hydrogen-bond acceptors (Lipinski definition) is 2. The topological polar surface area (TPSA) is 21.3 Å². The first-order chi connectivity index (χ1) is 9.56. The fraction of sp³-hybridized carbons (Fsp3) is 0.200. The summed E-state index contributed by atoms with van der Waals surface area (Å²) in [4.78, 5) is 0. The zero-order chi connectivity index (χ0) is 14.5. The molecule has 1 N–H and O–H groups in total. The van der Waals surface area contributed by atoms with Crippen LogP contribution in [0.4, 0.5) is 5.69 Å². The third-order valence-corrected chi connectivity index (χ3v) is 4.29. The number of anilines is 1. The number of nitrogens with one attached hydrogen (secondary N) is 1. The number of benzene rings is 2. The van der Waals surface area contributed by atoms with E-state index in [9.17, 15) is 0 Å². The van der Waals surface area contributed by atoms with Crippen molar-refractivity contribution < 1.29 is 4.74 Å². The maximum atomic E-state index is 5.80. The highest BCUT2D eigenvalue weighted by molar-refractivity contribution is 9.11. The Balaban J connectivity index is 1.88. The molecule has 5 heteroatoms. The summed E-state index contributed by atoms with van der Waals surface area (Å²) in [6, 6.07) is 12.2. The maximum Gasteiger partial charge on any atom is 0.147 e. The highest BCUT2D eigenvalue weighted by Crippen LogP contribution is 2.36. The molecule has 106 valence electrons. The molecule has 0 fully saturated rings. The number of rotatable bonds is 5. The Hall–Kier alpha value is -0.520. The Bertz CT molecular complexity index is 578. The van der Waals surface area contributed by atoms with Gasteiger partial charge in [-0.3, -0.25) is 0 Å². The van der Waals surface area contributed by atoms with Crippen LogP contribution in [0.2, 0.25) is 0 Å². The molecule has 0 atom stereocenters. The predicted molar refractivity (Wildman–Crippen MR) is 94.7 cm³/mol. The lowest BCUT2D eigenvalue weighted by atomic mass is 10.2. The van der Waals surface area contributed by atoms with Crippen LogP contribution in [0.5, 0.6) is 5.75 Å². The van der Waals surface area contributed by atoms with Crippen LogP contribution in [-0.2, 0) is 0 Å². The van der Waals surface area contributed by atoms with Crippen molar-refractivity contribution in [3.05, 3.63) is 55.4 Å². The molecule has 2 aromatic carbocycles. The lowest BCUT2D eigenvalue weighted by Gasteiger charge is -2.12. The van der Waals surface area contributed by atoms with Crippen LogP contribution in [0.1, 0.15) is 5.56 Å². The summed E-state index contributed by atoms with van der Waals surface area (Å²) in [5.74, 6) is 0.819. The van der Waals surface area contributed by atoms with E-state index in [1.165, 1.54) is 5.56 Å². The van der Waals surface area contributed by atoms with Crippen LogP contribution in [0.15, 0.2) is 49.8 Å². The number of hydrogen-bond donors (Lipinski definition) is 1. The van der Waals surface area contributed by atoms with Crippen molar-refractivity contribution in [2.24, 2.45) is 0 Å². The molecule has 0 bridgehead atoms. The third kappa shape index (κ3) is 4.50. The molecule has 0 aliphatic rings. The van der Waals surface area contributed by atoms with Gasteiger partial charge in [0, 0.05) is 16.7 Å². The number of aryl methyl sites for hydroxylation is 1. The second-order valence-corrected chi connectivity index (χ2v) is 6.97. The van der Waals surface area contributed by atoms with Crippen molar-refractivity contribution in [3.63, 3.8) is 0 Å². The molecule has 0 aromatic heterocycles. The fourth-order valence-electron chi connectivity index (χ4n) is 1.77. The molecule has 0 saturated heterocycles. The van der Waals surface area contributed by atoms with Crippen LogP contribution in [0, 0.1) is 6.92 Å². The number of ether oxygens (including phenoxy) is 1. The lowest BCUT2D eigenvalue weighted by Crippen LogP contribution is -2.12. The molecule has 0 amide bonds. The SMILES string of the molecule is Cc1cccc(NCCOc2c(Br)cc(Br)cc2Br)c1. The molecule has 2 aromatic rings. The van der Waals surface area contributed by atoms with Gasteiger partial charge in [-0.25, -0.2) is 0 Å². The molecule has 2 rings (SSSR count). The second-order valence-electron chi connectivity index (χ2n) is 4.34. The van der Waals surface area contributed by atoms with E-state index in [0.717, 1.165) is 31.4 Å². The molecule has 20 heavy (non-hydrogen) atoms. The van der Waals surface area contributed by atoms with Crippen molar-refractivity contribution in [1.29, 1.82) is 0 Å². The molecule has 0 unspecified atom stereocenters. The lowest BCUT2D eigenvalue weighted by molar-refractivity contribution is 0.328. The van der Waals surface area contributed by atoms with E-state index in [1.54, 1.807) is 0 Å². The van der Waals surface area contributed by atoms with Gasteiger partial charge in [-0.2, -0.15) is 0 Å². The minimum Gasteiger partial charge on any atom is -0.489 e. The van der Waals surface area contributed by atoms with Crippen LogP contribution in [-0.4, -0.2) is 13.2 Å². The average Bonchev–Trinajstić information content (AvgIpc) is 2.36. The van der Waals surface area contributed by atoms with Gasteiger partial charge in [-0.15, -0.1) is 0 Å². The minimum absolute atomic E-state index is 0.590. The Morgan fingerprint density at radius 3 is 2.40 bits per heavy atom. The third-order valence-electron chi connectivity index (χ3n) is 2.66. The summed E-state index contributed by atoms with van der Waals surface area (Å²) in [5, 5.41) is 3.34. The average molecular weight is 464 g/mol. The van der Waals surface area contributed by atoms with E-state index in [4.69, 9.17) is 4.74 Å². The summed E-state index contributed by atoms with van der Waals surface area (Å²) in [6.07, 6.45) is 0. The first-order valence-corrected chi connectivity index (χ1v) is 8.52. The first kappa shape index (κ1) is 15.9. The standard InChI is InChI=1S/C15H14Br3NO/c1-10-3-2-4-12(7-10)19-5-6-20-15-13(17)8-11(16)9-14(15)18/h2-4,7-9,19H,5-6H2,1H3. The Kier molecular flexibility index (Phi) is 5.93. The molecule has 0 spiro atoms. The van der Waals surface area contributed by atoms with Crippen LogP contribution >= 0.6 is 47.8 Å². The summed E-state index contributed by atoms with van der Waals surface area (Å²) < 4.78 is 8.65. The zero-order valence-electron chi connectivity index (χ0n) is 10.9. The van der Waals surface area contributed by atoms with Crippen molar-refractivity contribution in [2.75, 3.05) is 18.5 Å².